The minimum absolute atomic E-state index is 0.0710. The number of ketones is 1. The number of rotatable bonds is 25. The number of aliphatic hydroxyl groups is 1. The van der Waals surface area contributed by atoms with E-state index in [0.717, 1.165) is 24.8 Å². The van der Waals surface area contributed by atoms with Crippen molar-refractivity contribution in [3.63, 3.8) is 0 Å². The molecule has 0 fully saturated rings. The second-order valence-corrected chi connectivity index (χ2v) is 18.8. The van der Waals surface area contributed by atoms with Gasteiger partial charge in [0, 0.05) is 6.54 Å². The molecule has 0 spiro atoms. The van der Waals surface area contributed by atoms with Crippen molar-refractivity contribution < 1.29 is 38.4 Å². The van der Waals surface area contributed by atoms with Crippen molar-refractivity contribution in [1.82, 2.24) is 5.32 Å². The monoisotopic (exact) mass is 768 g/mol. The summed E-state index contributed by atoms with van der Waals surface area (Å²) in [5, 5.41) is 11.8. The minimum atomic E-state index is -1.35. The van der Waals surface area contributed by atoms with Gasteiger partial charge in [0.15, 0.2) is 11.4 Å². The molecule has 0 amide bonds. The fourth-order valence-electron chi connectivity index (χ4n) is 4.97. The van der Waals surface area contributed by atoms with Crippen LogP contribution >= 0.6 is 9.24 Å². The highest BCUT2D eigenvalue weighted by molar-refractivity contribution is 7.18. The summed E-state index contributed by atoms with van der Waals surface area (Å²) in [6.07, 6.45) is 4.70. The van der Waals surface area contributed by atoms with Crippen molar-refractivity contribution >= 4 is 27.0 Å². The molecule has 308 valence electrons. The van der Waals surface area contributed by atoms with Gasteiger partial charge in [0.05, 0.1) is 44.5 Å². The van der Waals surface area contributed by atoms with Crippen molar-refractivity contribution in [3.8, 4) is 0 Å². The summed E-state index contributed by atoms with van der Waals surface area (Å²) < 4.78 is 23.7. The van der Waals surface area contributed by atoms with E-state index in [9.17, 15) is 14.4 Å². The fraction of sp³-hybridized carbons (Fsp3) is 0.791. The lowest BCUT2D eigenvalue weighted by Gasteiger charge is -2.35. The van der Waals surface area contributed by atoms with Crippen molar-refractivity contribution in [2.45, 2.75) is 153 Å². The van der Waals surface area contributed by atoms with E-state index in [1.54, 1.807) is 41.5 Å². The van der Waals surface area contributed by atoms with Crippen LogP contribution < -0.4 is 5.32 Å². The van der Waals surface area contributed by atoms with Gasteiger partial charge in [-0.15, -0.1) is 9.24 Å². The lowest BCUT2D eigenvalue weighted by Crippen LogP contribution is -2.47. The van der Waals surface area contributed by atoms with Crippen LogP contribution in [-0.4, -0.2) is 79.2 Å². The zero-order valence-electron chi connectivity index (χ0n) is 36.0. The van der Waals surface area contributed by atoms with Gasteiger partial charge in [0.25, 0.3) is 0 Å². The van der Waals surface area contributed by atoms with Crippen LogP contribution in [0.2, 0.25) is 0 Å². The Bertz CT molecular complexity index is 1200. The van der Waals surface area contributed by atoms with Gasteiger partial charge in [0.1, 0.15) is 12.0 Å². The molecule has 1 aromatic carbocycles. The van der Waals surface area contributed by atoms with Crippen molar-refractivity contribution in [1.29, 1.82) is 0 Å². The van der Waals surface area contributed by atoms with Crippen LogP contribution in [0.3, 0.4) is 0 Å². The fourth-order valence-corrected chi connectivity index (χ4v) is 5.26. The maximum Gasteiger partial charge on any atom is 0.337 e. The Morgan fingerprint density at radius 2 is 1.43 bits per heavy atom. The number of hydrogen-bond donors (Lipinski definition) is 2. The molecule has 0 bridgehead atoms. The quantitative estimate of drug-likeness (QED) is 0.0573. The zero-order valence-corrected chi connectivity index (χ0v) is 37.1. The molecule has 0 aliphatic carbocycles. The highest BCUT2D eigenvalue weighted by atomic mass is 31.0. The highest BCUT2D eigenvalue weighted by Gasteiger charge is 2.42. The van der Waals surface area contributed by atoms with Crippen LogP contribution in [0.1, 0.15) is 135 Å². The molecule has 0 aliphatic heterocycles. The molecule has 0 heterocycles. The molecule has 53 heavy (non-hydrogen) atoms. The highest BCUT2D eigenvalue weighted by Crippen LogP contribution is 2.38. The summed E-state index contributed by atoms with van der Waals surface area (Å²) in [7, 11) is 2.97. The molecule has 2 N–H and O–H groups in total. The maximum absolute atomic E-state index is 13.8. The second-order valence-electron chi connectivity index (χ2n) is 17.5. The zero-order chi connectivity index (χ0) is 41.1. The predicted molar refractivity (Wildman–Crippen MR) is 220 cm³/mol. The normalized spacial score (nSPS) is 15.7. The smallest absolute Gasteiger partial charge is 0.337 e. The Labute approximate surface area is 326 Å². The Balaban J connectivity index is 0.00000869. The third-order valence-electron chi connectivity index (χ3n) is 10.9. The number of hydrogen-bond acceptors (Lipinski definition) is 9. The van der Waals surface area contributed by atoms with E-state index >= 15 is 0 Å². The van der Waals surface area contributed by atoms with Crippen LogP contribution in [0.25, 0.3) is 0 Å². The van der Waals surface area contributed by atoms with E-state index in [4.69, 9.17) is 24.1 Å². The van der Waals surface area contributed by atoms with Gasteiger partial charge < -0.3 is 29.4 Å². The van der Waals surface area contributed by atoms with E-state index in [2.05, 4.69) is 69.9 Å². The molecular weight excluding hydrogens is 689 g/mol. The third-order valence-corrected chi connectivity index (χ3v) is 11.8. The van der Waals surface area contributed by atoms with E-state index < -0.39 is 34.5 Å². The van der Waals surface area contributed by atoms with Gasteiger partial charge in [-0.05, 0) is 74.9 Å². The molecule has 0 saturated heterocycles. The third kappa shape index (κ3) is 18.5. The average Bonchev–Trinajstić information content (AvgIpc) is 3.09. The number of carbonyl (C=O) groups is 3. The van der Waals surface area contributed by atoms with Gasteiger partial charge in [0.2, 0.25) is 0 Å². The molecule has 1 aromatic rings. The van der Waals surface area contributed by atoms with Gasteiger partial charge in [-0.2, -0.15) is 0 Å². The van der Waals surface area contributed by atoms with Crippen LogP contribution in [0.4, 0.5) is 0 Å². The van der Waals surface area contributed by atoms with Gasteiger partial charge >= 0.3 is 11.9 Å². The number of benzene rings is 1. The molecule has 10 heteroatoms. The van der Waals surface area contributed by atoms with E-state index in [1.165, 1.54) is 6.42 Å². The summed E-state index contributed by atoms with van der Waals surface area (Å²) in [4.78, 5) is 40.0. The Kier molecular flexibility index (Phi) is 23.0. The van der Waals surface area contributed by atoms with E-state index in [-0.39, 0.29) is 50.5 Å². The first-order valence-corrected chi connectivity index (χ1v) is 20.3. The molecule has 0 aromatic heterocycles. The first-order valence-electron chi connectivity index (χ1n) is 19.7. The SMILES string of the molecule is CC(C)C(C)(C)CCCC(C)C(C)(P)CCOC(=O)C(C)(COC(=O)C(C)(C)OCc1ccccc1)COC(C)C(C)(C)C(=O)CNCCO.CCC. The first-order chi connectivity index (χ1) is 24.4. The second kappa shape index (κ2) is 23.9. The first kappa shape index (κ1) is 51.1. The lowest BCUT2D eigenvalue weighted by molar-refractivity contribution is -0.182. The molecule has 9 nitrogen and oxygen atoms in total. The number of nitrogens with one attached hydrogen (secondary N) is 1. The molecule has 1 rings (SSSR count). The Morgan fingerprint density at radius 3 is 1.98 bits per heavy atom. The number of ether oxygens (including phenoxy) is 4. The standard InChI is InChI=1S/C40H70NO8P.C3H8/c1-29(2)36(5,6)20-16-17-30(3)40(12,50)21-24-46-35(45)39(11,27-47-31(4)37(7,8)33(43)25-41-22-23-42)28-48-34(44)38(9,10)49-26-32-18-14-13-15-19-32;1-3-2/h13-15,18-19,29-31,41-42H,16-17,20-28,50H2,1-12H3;3H2,1-2H3. The number of Topliss-reactive ketones (excluding diaryl/α,β-unsaturated/α-hetero) is 1. The Hall–Kier alpha value is -1.90. The lowest BCUT2D eigenvalue weighted by atomic mass is 9.76. The number of aliphatic hydroxyl groups excluding tert-OH is 1. The van der Waals surface area contributed by atoms with Crippen molar-refractivity contribution in [3.05, 3.63) is 35.9 Å². The van der Waals surface area contributed by atoms with E-state index in [0.29, 0.717) is 30.2 Å². The van der Waals surface area contributed by atoms with Crippen LogP contribution in [0, 0.1) is 28.1 Å². The van der Waals surface area contributed by atoms with Gasteiger partial charge in [-0.3, -0.25) is 9.59 Å². The molecule has 0 aliphatic rings. The molecule has 0 radical (unpaired) electrons. The van der Waals surface area contributed by atoms with E-state index in [1.807, 2.05) is 30.3 Å². The summed E-state index contributed by atoms with van der Waals surface area (Å²) in [6.45, 7) is 28.5. The van der Waals surface area contributed by atoms with Gasteiger partial charge in [-0.1, -0.05) is 112 Å². The predicted octanol–water partition coefficient (Wildman–Crippen LogP) is 8.59. The van der Waals surface area contributed by atoms with Crippen molar-refractivity contribution in [2.24, 2.45) is 28.1 Å². The number of carbonyl (C=O) groups excluding carboxylic acids is 3. The van der Waals surface area contributed by atoms with Crippen LogP contribution in [-0.2, 0) is 39.9 Å². The van der Waals surface area contributed by atoms with Gasteiger partial charge in [-0.25, -0.2) is 4.79 Å². The summed E-state index contributed by atoms with van der Waals surface area (Å²) in [5.41, 5.74) is -2.30. The van der Waals surface area contributed by atoms with Crippen LogP contribution in [0.5, 0.6) is 0 Å². The summed E-state index contributed by atoms with van der Waals surface area (Å²) in [6, 6.07) is 9.54. The molecule has 5 atom stereocenters. The van der Waals surface area contributed by atoms with Crippen LogP contribution in [0.15, 0.2) is 30.3 Å². The maximum atomic E-state index is 13.8. The number of esters is 2. The Morgan fingerprint density at radius 1 is 0.849 bits per heavy atom. The minimum Gasteiger partial charge on any atom is -0.465 e. The molecule has 0 saturated carbocycles. The largest absolute Gasteiger partial charge is 0.465 e. The molecular formula is C43H78NO8P. The molecule has 5 unspecified atom stereocenters. The average molecular weight is 768 g/mol. The summed E-state index contributed by atoms with van der Waals surface area (Å²) in [5.74, 6) is -0.226. The van der Waals surface area contributed by atoms with Crippen molar-refractivity contribution in [2.75, 3.05) is 39.5 Å². The summed E-state index contributed by atoms with van der Waals surface area (Å²) >= 11 is 0. The topological polar surface area (TPSA) is 120 Å².